The minimum Gasteiger partial charge on any atom is -0.267 e. The Kier molecular flexibility index (Phi) is 7.13. The van der Waals surface area contributed by atoms with Gasteiger partial charge in [-0.15, -0.1) is 5.11 Å². The van der Waals surface area contributed by atoms with Gasteiger partial charge in [-0.3, -0.25) is 9.98 Å². The summed E-state index contributed by atoms with van der Waals surface area (Å²) in [4.78, 5) is 8.03. The molecule has 0 aromatic carbocycles. The third-order valence-corrected chi connectivity index (χ3v) is 1.30. The van der Waals surface area contributed by atoms with Crippen molar-refractivity contribution in [3.05, 3.63) is 30.1 Å². The number of aromatic nitrogens is 1. The fraction of sp³-hybridized carbons (Fsp3) is 0.400. The van der Waals surface area contributed by atoms with Crippen LogP contribution in [0.3, 0.4) is 0 Å². The van der Waals surface area contributed by atoms with Crippen LogP contribution in [0.1, 0.15) is 19.5 Å². The summed E-state index contributed by atoms with van der Waals surface area (Å²) in [6.07, 6.45) is 1.70. The van der Waals surface area contributed by atoms with Crippen molar-refractivity contribution in [1.29, 1.82) is 0 Å². The number of nitrogens with zero attached hydrogens (tertiary/aromatic N) is 4. The zero-order valence-corrected chi connectivity index (χ0v) is 9.10. The summed E-state index contributed by atoms with van der Waals surface area (Å²) in [5, 5.41) is 7.46. The quantitative estimate of drug-likeness (QED) is 0.383. The first-order valence-corrected chi connectivity index (χ1v) is 4.56. The van der Waals surface area contributed by atoms with E-state index in [1.54, 1.807) is 20.3 Å². The second-order valence-electron chi connectivity index (χ2n) is 2.06. The Hall–Kier alpha value is -1.58. The van der Waals surface area contributed by atoms with E-state index in [4.69, 9.17) is 0 Å². The molecule has 76 valence electrons. The van der Waals surface area contributed by atoms with Gasteiger partial charge in [-0.1, -0.05) is 19.9 Å². The Balaban J connectivity index is 0.000000791. The molecule has 1 rings (SSSR count). The van der Waals surface area contributed by atoms with Crippen molar-refractivity contribution in [3.63, 3.8) is 0 Å². The highest BCUT2D eigenvalue weighted by Gasteiger charge is 1.99. The SMILES string of the molecule is CC.CN=NC(=NC)c1ccccn1. The minimum atomic E-state index is 0.554. The van der Waals surface area contributed by atoms with E-state index in [0.717, 1.165) is 5.69 Å². The molecule has 0 fully saturated rings. The summed E-state index contributed by atoms with van der Waals surface area (Å²) in [6, 6.07) is 5.58. The molecule has 0 aliphatic carbocycles. The molecule has 0 spiro atoms. The molecule has 0 atom stereocenters. The molecule has 0 saturated heterocycles. The first-order valence-electron chi connectivity index (χ1n) is 4.56. The van der Waals surface area contributed by atoms with Crippen LogP contribution in [-0.4, -0.2) is 24.9 Å². The number of azo groups is 1. The van der Waals surface area contributed by atoms with E-state index in [1.165, 1.54) is 0 Å². The molecule has 14 heavy (non-hydrogen) atoms. The first kappa shape index (κ1) is 12.4. The Morgan fingerprint density at radius 2 is 1.93 bits per heavy atom. The zero-order valence-electron chi connectivity index (χ0n) is 9.10. The monoisotopic (exact) mass is 192 g/mol. The highest BCUT2D eigenvalue weighted by molar-refractivity contribution is 5.97. The molecule has 0 aliphatic heterocycles. The average Bonchev–Trinajstić information content (AvgIpc) is 2.30. The maximum absolute atomic E-state index is 4.08. The van der Waals surface area contributed by atoms with Crippen LogP contribution in [0.15, 0.2) is 39.6 Å². The third kappa shape index (κ3) is 3.89. The summed E-state index contributed by atoms with van der Waals surface area (Å²) in [7, 11) is 3.27. The van der Waals surface area contributed by atoms with E-state index in [1.807, 2.05) is 32.0 Å². The number of aliphatic imine (C=N–C) groups is 1. The predicted molar refractivity (Wildman–Crippen MR) is 58.8 cm³/mol. The van der Waals surface area contributed by atoms with Gasteiger partial charge in [-0.2, -0.15) is 5.11 Å². The van der Waals surface area contributed by atoms with Gasteiger partial charge in [0, 0.05) is 20.3 Å². The standard InChI is InChI=1S/C8H10N4.C2H6/c1-9-8(12-10-2)7-5-3-4-6-11-7;1-2/h3-6H,1-2H3;1-2H3. The zero-order chi connectivity index (χ0) is 10.8. The molecule has 1 aromatic rings. The second-order valence-corrected chi connectivity index (χ2v) is 2.06. The van der Waals surface area contributed by atoms with Gasteiger partial charge in [0.2, 0.25) is 0 Å². The molecule has 0 N–H and O–H groups in total. The molecule has 0 unspecified atom stereocenters. The van der Waals surface area contributed by atoms with Gasteiger partial charge in [0.15, 0.2) is 5.84 Å². The van der Waals surface area contributed by atoms with Crippen LogP contribution in [0, 0.1) is 0 Å². The van der Waals surface area contributed by atoms with E-state index in [-0.39, 0.29) is 0 Å². The van der Waals surface area contributed by atoms with E-state index in [2.05, 4.69) is 20.2 Å². The van der Waals surface area contributed by atoms with Crippen molar-refractivity contribution in [2.75, 3.05) is 14.1 Å². The Bertz CT molecular complexity index is 290. The van der Waals surface area contributed by atoms with Crippen molar-refractivity contribution in [2.24, 2.45) is 15.2 Å². The molecule has 0 saturated carbocycles. The van der Waals surface area contributed by atoms with Gasteiger partial charge in [0.05, 0.1) is 0 Å². The Morgan fingerprint density at radius 3 is 2.36 bits per heavy atom. The molecular formula is C10H16N4. The second kappa shape index (κ2) is 8.04. The van der Waals surface area contributed by atoms with Crippen LogP contribution in [0.4, 0.5) is 0 Å². The molecule has 0 radical (unpaired) electrons. The molecular weight excluding hydrogens is 176 g/mol. The van der Waals surface area contributed by atoms with E-state index in [0.29, 0.717) is 5.84 Å². The van der Waals surface area contributed by atoms with Crippen LogP contribution in [0.2, 0.25) is 0 Å². The van der Waals surface area contributed by atoms with Crippen molar-refractivity contribution < 1.29 is 0 Å². The Labute approximate surface area is 84.8 Å². The number of hydrogen-bond donors (Lipinski definition) is 0. The summed E-state index contributed by atoms with van der Waals surface area (Å²) in [5.41, 5.74) is 0.741. The number of rotatable bonds is 1. The number of amidine groups is 1. The van der Waals surface area contributed by atoms with Crippen LogP contribution in [0.25, 0.3) is 0 Å². The van der Waals surface area contributed by atoms with Gasteiger partial charge in [-0.05, 0) is 12.1 Å². The third-order valence-electron chi connectivity index (χ3n) is 1.30. The van der Waals surface area contributed by atoms with Crippen LogP contribution < -0.4 is 0 Å². The molecule has 0 amide bonds. The summed E-state index contributed by atoms with van der Waals surface area (Å²) in [5.74, 6) is 0.554. The highest BCUT2D eigenvalue weighted by Crippen LogP contribution is 1.97. The molecule has 4 nitrogen and oxygen atoms in total. The lowest BCUT2D eigenvalue weighted by atomic mass is 10.3. The maximum Gasteiger partial charge on any atom is 0.195 e. The normalized spacial score (nSPS) is 11.0. The summed E-state index contributed by atoms with van der Waals surface area (Å²) >= 11 is 0. The van der Waals surface area contributed by atoms with Gasteiger partial charge < -0.3 is 0 Å². The lowest BCUT2D eigenvalue weighted by Gasteiger charge is -1.95. The first-order chi connectivity index (χ1) is 6.88. The highest BCUT2D eigenvalue weighted by atomic mass is 15.1. The molecule has 0 aliphatic rings. The maximum atomic E-state index is 4.08. The van der Waals surface area contributed by atoms with Gasteiger partial charge in [0.1, 0.15) is 5.69 Å². The van der Waals surface area contributed by atoms with Crippen molar-refractivity contribution >= 4 is 5.84 Å². The molecule has 1 heterocycles. The van der Waals surface area contributed by atoms with Crippen molar-refractivity contribution in [2.45, 2.75) is 13.8 Å². The fourth-order valence-corrected chi connectivity index (χ4v) is 0.800. The molecule has 1 aromatic heterocycles. The smallest absolute Gasteiger partial charge is 0.195 e. The number of pyridine rings is 1. The predicted octanol–water partition coefficient (Wildman–Crippen LogP) is 2.57. The van der Waals surface area contributed by atoms with Crippen LogP contribution >= 0.6 is 0 Å². The average molecular weight is 192 g/mol. The molecule has 4 heteroatoms. The van der Waals surface area contributed by atoms with Crippen LogP contribution in [0.5, 0.6) is 0 Å². The van der Waals surface area contributed by atoms with E-state index in [9.17, 15) is 0 Å². The minimum absolute atomic E-state index is 0.554. The topological polar surface area (TPSA) is 50.0 Å². The molecule has 0 bridgehead atoms. The van der Waals surface area contributed by atoms with Crippen LogP contribution in [-0.2, 0) is 0 Å². The fourth-order valence-electron chi connectivity index (χ4n) is 0.800. The van der Waals surface area contributed by atoms with Gasteiger partial charge >= 0.3 is 0 Å². The van der Waals surface area contributed by atoms with E-state index < -0.39 is 0 Å². The Morgan fingerprint density at radius 1 is 1.21 bits per heavy atom. The largest absolute Gasteiger partial charge is 0.267 e. The van der Waals surface area contributed by atoms with E-state index >= 15 is 0 Å². The van der Waals surface area contributed by atoms with Gasteiger partial charge in [0.25, 0.3) is 0 Å². The number of hydrogen-bond acceptors (Lipinski definition) is 3. The summed E-state index contributed by atoms with van der Waals surface area (Å²) in [6.45, 7) is 4.00. The summed E-state index contributed by atoms with van der Waals surface area (Å²) < 4.78 is 0. The van der Waals surface area contributed by atoms with Gasteiger partial charge in [-0.25, -0.2) is 0 Å². The lowest BCUT2D eigenvalue weighted by molar-refractivity contribution is 1.16. The van der Waals surface area contributed by atoms with Crippen molar-refractivity contribution in [1.82, 2.24) is 4.98 Å². The van der Waals surface area contributed by atoms with Crippen molar-refractivity contribution in [3.8, 4) is 0 Å². The lowest BCUT2D eigenvalue weighted by Crippen LogP contribution is -1.98.